The summed E-state index contributed by atoms with van der Waals surface area (Å²) in [5.74, 6) is -1.17. The van der Waals surface area contributed by atoms with Gasteiger partial charge in [0.05, 0.1) is 22.0 Å². The lowest BCUT2D eigenvalue weighted by molar-refractivity contribution is 0.0635. The fourth-order valence-corrected chi connectivity index (χ4v) is 2.50. The van der Waals surface area contributed by atoms with Gasteiger partial charge in [-0.05, 0) is 57.2 Å². The fraction of sp³-hybridized carbons (Fsp3) is 0.222. The molecule has 8 heteroatoms. The van der Waals surface area contributed by atoms with Gasteiger partial charge in [-0.3, -0.25) is 10.1 Å². The second kappa shape index (κ2) is 7.93. The molecule has 2 N–H and O–H groups in total. The van der Waals surface area contributed by atoms with E-state index in [1.54, 1.807) is 20.8 Å². The van der Waals surface area contributed by atoms with Gasteiger partial charge in [-0.1, -0.05) is 23.2 Å². The van der Waals surface area contributed by atoms with E-state index < -0.39 is 23.4 Å². The SMILES string of the molecule is CC(C)(C)OC(=O)Nc1ccc(F)cc1NC(=O)c1ccc(Cl)cc1Cl. The van der Waals surface area contributed by atoms with E-state index in [1.807, 2.05) is 0 Å². The summed E-state index contributed by atoms with van der Waals surface area (Å²) < 4.78 is 18.8. The van der Waals surface area contributed by atoms with Crippen molar-refractivity contribution in [3.05, 3.63) is 57.8 Å². The molecule has 2 aromatic rings. The molecular formula is C18H17Cl2FN2O3. The monoisotopic (exact) mass is 398 g/mol. The molecule has 0 radical (unpaired) electrons. The van der Waals surface area contributed by atoms with Crippen LogP contribution in [0.5, 0.6) is 0 Å². The number of hydrogen-bond donors (Lipinski definition) is 2. The van der Waals surface area contributed by atoms with Crippen molar-refractivity contribution < 1.29 is 18.7 Å². The quantitative estimate of drug-likeness (QED) is 0.693. The van der Waals surface area contributed by atoms with E-state index in [9.17, 15) is 14.0 Å². The highest BCUT2D eigenvalue weighted by molar-refractivity contribution is 6.37. The minimum atomic E-state index is -0.732. The van der Waals surface area contributed by atoms with Gasteiger partial charge in [0.1, 0.15) is 11.4 Å². The molecule has 2 rings (SSSR count). The van der Waals surface area contributed by atoms with Crippen LogP contribution in [0.3, 0.4) is 0 Å². The maximum absolute atomic E-state index is 13.6. The van der Waals surface area contributed by atoms with Gasteiger partial charge in [0.15, 0.2) is 0 Å². The summed E-state index contributed by atoms with van der Waals surface area (Å²) in [4.78, 5) is 24.4. The van der Waals surface area contributed by atoms with Gasteiger partial charge < -0.3 is 10.1 Å². The average molecular weight is 399 g/mol. The topological polar surface area (TPSA) is 67.4 Å². The highest BCUT2D eigenvalue weighted by atomic mass is 35.5. The number of anilines is 2. The predicted octanol–water partition coefficient (Wildman–Crippen LogP) is 5.73. The maximum Gasteiger partial charge on any atom is 0.412 e. The number of rotatable bonds is 3. The van der Waals surface area contributed by atoms with Gasteiger partial charge in [0, 0.05) is 5.02 Å². The van der Waals surface area contributed by atoms with Crippen LogP contribution >= 0.6 is 23.2 Å². The van der Waals surface area contributed by atoms with Crippen molar-refractivity contribution >= 4 is 46.6 Å². The third kappa shape index (κ3) is 5.61. The van der Waals surface area contributed by atoms with Gasteiger partial charge in [0.25, 0.3) is 5.91 Å². The molecule has 0 saturated carbocycles. The number of carbonyl (C=O) groups excluding carboxylic acids is 2. The summed E-state index contributed by atoms with van der Waals surface area (Å²) in [6.45, 7) is 5.13. The Hall–Kier alpha value is -2.31. The summed E-state index contributed by atoms with van der Waals surface area (Å²) in [5.41, 5.74) is -0.306. The molecular weight excluding hydrogens is 382 g/mol. The third-order valence-corrected chi connectivity index (χ3v) is 3.59. The lowest BCUT2D eigenvalue weighted by Gasteiger charge is -2.20. The molecule has 0 heterocycles. The first-order valence-corrected chi connectivity index (χ1v) is 8.37. The zero-order chi connectivity index (χ0) is 19.5. The molecule has 0 aromatic heterocycles. The first-order valence-electron chi connectivity index (χ1n) is 7.61. The van der Waals surface area contributed by atoms with E-state index in [1.165, 1.54) is 24.3 Å². The van der Waals surface area contributed by atoms with Crippen LogP contribution in [-0.4, -0.2) is 17.6 Å². The highest BCUT2D eigenvalue weighted by Crippen LogP contribution is 2.26. The average Bonchev–Trinajstić information content (AvgIpc) is 2.48. The molecule has 0 bridgehead atoms. The van der Waals surface area contributed by atoms with Crippen LogP contribution in [0, 0.1) is 5.82 Å². The van der Waals surface area contributed by atoms with Gasteiger partial charge in [0.2, 0.25) is 0 Å². The number of hydrogen-bond acceptors (Lipinski definition) is 3. The molecule has 2 amide bonds. The van der Waals surface area contributed by atoms with Crippen LogP contribution in [0.25, 0.3) is 0 Å². The number of halogens is 3. The van der Waals surface area contributed by atoms with E-state index in [4.69, 9.17) is 27.9 Å². The molecule has 0 aliphatic carbocycles. The minimum absolute atomic E-state index is 0.0619. The van der Waals surface area contributed by atoms with Crippen molar-refractivity contribution in [2.75, 3.05) is 10.6 Å². The van der Waals surface area contributed by atoms with Crippen molar-refractivity contribution in [2.24, 2.45) is 0 Å². The Balaban J connectivity index is 2.24. The number of carbonyl (C=O) groups is 2. The first kappa shape index (κ1) is 20.0. The summed E-state index contributed by atoms with van der Waals surface area (Å²) >= 11 is 11.8. The molecule has 0 spiro atoms. The summed E-state index contributed by atoms with van der Waals surface area (Å²) in [5, 5.41) is 5.52. The molecule has 26 heavy (non-hydrogen) atoms. The van der Waals surface area contributed by atoms with Crippen molar-refractivity contribution in [1.29, 1.82) is 0 Å². The largest absolute Gasteiger partial charge is 0.444 e. The van der Waals surface area contributed by atoms with Crippen LogP contribution in [0.15, 0.2) is 36.4 Å². The lowest BCUT2D eigenvalue weighted by atomic mass is 10.2. The fourth-order valence-electron chi connectivity index (χ4n) is 2.01. The van der Waals surface area contributed by atoms with Crippen molar-refractivity contribution in [3.63, 3.8) is 0 Å². The number of ether oxygens (including phenoxy) is 1. The molecule has 0 atom stereocenters. The highest BCUT2D eigenvalue weighted by Gasteiger charge is 2.19. The molecule has 0 fully saturated rings. The number of nitrogens with one attached hydrogen (secondary N) is 2. The zero-order valence-corrected chi connectivity index (χ0v) is 15.8. The summed E-state index contributed by atoms with van der Waals surface area (Å²) in [6.07, 6.45) is -0.732. The smallest absolute Gasteiger partial charge is 0.412 e. The van der Waals surface area contributed by atoms with E-state index in [0.29, 0.717) is 5.02 Å². The third-order valence-electron chi connectivity index (χ3n) is 3.04. The minimum Gasteiger partial charge on any atom is -0.444 e. The van der Waals surface area contributed by atoms with E-state index in [-0.39, 0.29) is 22.0 Å². The Morgan fingerprint density at radius 3 is 2.31 bits per heavy atom. The van der Waals surface area contributed by atoms with Crippen LogP contribution in [0.1, 0.15) is 31.1 Å². The Bertz CT molecular complexity index is 851. The van der Waals surface area contributed by atoms with Crippen LogP contribution in [0.4, 0.5) is 20.6 Å². The molecule has 0 aliphatic rings. The van der Waals surface area contributed by atoms with Crippen molar-refractivity contribution in [2.45, 2.75) is 26.4 Å². The van der Waals surface area contributed by atoms with Crippen LogP contribution in [-0.2, 0) is 4.74 Å². The van der Waals surface area contributed by atoms with Gasteiger partial charge in [-0.2, -0.15) is 0 Å². The Kier molecular flexibility index (Phi) is 6.10. The van der Waals surface area contributed by atoms with E-state index in [2.05, 4.69) is 10.6 Å². The number of amides is 2. The van der Waals surface area contributed by atoms with Crippen LogP contribution in [0.2, 0.25) is 10.0 Å². The maximum atomic E-state index is 13.6. The summed E-state index contributed by atoms with van der Waals surface area (Å²) in [6, 6.07) is 7.92. The first-order chi connectivity index (χ1) is 12.0. The van der Waals surface area contributed by atoms with Gasteiger partial charge >= 0.3 is 6.09 Å². The molecule has 0 aliphatic heterocycles. The molecule has 0 unspecified atom stereocenters. The van der Waals surface area contributed by atoms with Gasteiger partial charge in [-0.15, -0.1) is 0 Å². The van der Waals surface area contributed by atoms with Crippen LogP contribution < -0.4 is 10.6 Å². The predicted molar refractivity (Wildman–Crippen MR) is 101 cm³/mol. The normalized spacial score (nSPS) is 11.0. The second-order valence-corrected chi connectivity index (χ2v) is 7.24. The van der Waals surface area contributed by atoms with E-state index >= 15 is 0 Å². The molecule has 138 valence electrons. The van der Waals surface area contributed by atoms with E-state index in [0.717, 1.165) is 12.1 Å². The Morgan fingerprint density at radius 2 is 1.69 bits per heavy atom. The van der Waals surface area contributed by atoms with Crippen molar-refractivity contribution in [3.8, 4) is 0 Å². The number of benzene rings is 2. The molecule has 0 saturated heterocycles. The zero-order valence-electron chi connectivity index (χ0n) is 14.3. The summed E-state index contributed by atoms with van der Waals surface area (Å²) in [7, 11) is 0. The van der Waals surface area contributed by atoms with Crippen molar-refractivity contribution in [1.82, 2.24) is 0 Å². The molecule has 5 nitrogen and oxygen atoms in total. The lowest BCUT2D eigenvalue weighted by Crippen LogP contribution is -2.27. The van der Waals surface area contributed by atoms with Gasteiger partial charge in [-0.25, -0.2) is 9.18 Å². The Labute approximate surface area is 160 Å². The Morgan fingerprint density at radius 1 is 1.00 bits per heavy atom. The standard InChI is InChI=1S/C18H17Cl2FN2O3/c1-18(2,3)26-17(25)23-14-7-5-11(21)9-15(14)22-16(24)12-6-4-10(19)8-13(12)20/h4-9H,1-3H3,(H,22,24)(H,23,25). The molecule has 2 aromatic carbocycles. The second-order valence-electron chi connectivity index (χ2n) is 6.40.